The Labute approximate surface area is 198 Å². The number of nitrogens with zero attached hydrogens (tertiary/aromatic N) is 6. The first kappa shape index (κ1) is 20.8. The van der Waals surface area contributed by atoms with Crippen molar-refractivity contribution in [2.45, 2.75) is 13.5 Å². The van der Waals surface area contributed by atoms with Crippen LogP contribution < -0.4 is 0 Å². The van der Waals surface area contributed by atoms with Gasteiger partial charge in [0, 0.05) is 26.7 Å². The minimum Gasteiger partial charge on any atom is -0.472 e. The van der Waals surface area contributed by atoms with Crippen molar-refractivity contribution in [1.82, 2.24) is 30.0 Å². The molecule has 0 saturated heterocycles. The molecular formula is C22H15Cl3N6O. The van der Waals surface area contributed by atoms with Crippen LogP contribution in [0.4, 0.5) is 0 Å². The first-order valence-corrected chi connectivity index (χ1v) is 10.7. The molecule has 32 heavy (non-hydrogen) atoms. The van der Waals surface area contributed by atoms with Crippen molar-refractivity contribution in [3.8, 4) is 28.5 Å². The molecule has 0 saturated carbocycles. The van der Waals surface area contributed by atoms with E-state index in [0.717, 1.165) is 22.4 Å². The fraction of sp³-hybridized carbons (Fsp3) is 0.0909. The van der Waals surface area contributed by atoms with Gasteiger partial charge in [-0.2, -0.15) is 9.90 Å². The molecule has 2 aromatic carbocycles. The molecule has 0 spiro atoms. The number of hydrogen-bond donors (Lipinski definition) is 0. The monoisotopic (exact) mass is 484 g/mol. The van der Waals surface area contributed by atoms with Crippen LogP contribution in [0.5, 0.6) is 0 Å². The largest absolute Gasteiger partial charge is 0.472 e. The second kappa shape index (κ2) is 8.43. The van der Waals surface area contributed by atoms with Gasteiger partial charge in [0.05, 0.1) is 35.5 Å². The van der Waals surface area contributed by atoms with Crippen LogP contribution in [0, 0.1) is 6.92 Å². The van der Waals surface area contributed by atoms with E-state index < -0.39 is 0 Å². The van der Waals surface area contributed by atoms with Gasteiger partial charge < -0.3 is 4.42 Å². The van der Waals surface area contributed by atoms with Crippen molar-refractivity contribution in [2.24, 2.45) is 0 Å². The number of tetrazole rings is 1. The summed E-state index contributed by atoms with van der Waals surface area (Å²) in [5.74, 6) is 0.407. The van der Waals surface area contributed by atoms with E-state index in [4.69, 9.17) is 44.3 Å². The Balaban J connectivity index is 1.64. The summed E-state index contributed by atoms with van der Waals surface area (Å²) in [4.78, 5) is 1.50. The van der Waals surface area contributed by atoms with Crippen LogP contribution in [0.3, 0.4) is 0 Å². The Morgan fingerprint density at radius 3 is 2.44 bits per heavy atom. The first-order valence-electron chi connectivity index (χ1n) is 9.60. The molecule has 5 rings (SSSR count). The standard InChI is InChI=1S/C22H15Cl3N6O/c1-13-20(22-26-29-30(28-22)11-14-8-9-32-12-14)27-31(19-7-6-17(24)10-18(19)25)21(13)15-2-4-16(23)5-3-15/h2-10,12H,11H2,1H3. The van der Waals surface area contributed by atoms with E-state index in [1.54, 1.807) is 29.3 Å². The van der Waals surface area contributed by atoms with E-state index in [2.05, 4.69) is 15.4 Å². The zero-order valence-corrected chi connectivity index (χ0v) is 19.0. The van der Waals surface area contributed by atoms with Crippen LogP contribution in [-0.4, -0.2) is 30.0 Å². The molecule has 0 atom stereocenters. The van der Waals surface area contributed by atoms with Gasteiger partial charge in [-0.1, -0.05) is 46.9 Å². The first-order chi connectivity index (χ1) is 15.5. The summed E-state index contributed by atoms with van der Waals surface area (Å²) in [6.45, 7) is 2.40. The average Bonchev–Trinajstić information content (AvgIpc) is 3.50. The highest BCUT2D eigenvalue weighted by Gasteiger charge is 2.23. The highest BCUT2D eigenvalue weighted by atomic mass is 35.5. The van der Waals surface area contributed by atoms with Crippen LogP contribution in [0.15, 0.2) is 65.5 Å². The summed E-state index contributed by atoms with van der Waals surface area (Å²) in [6.07, 6.45) is 3.25. The maximum absolute atomic E-state index is 6.52. The lowest BCUT2D eigenvalue weighted by Gasteiger charge is -2.11. The lowest BCUT2D eigenvalue weighted by atomic mass is 10.1. The van der Waals surface area contributed by atoms with Crippen LogP contribution in [0.1, 0.15) is 11.1 Å². The minimum atomic E-state index is 0.407. The molecule has 0 aliphatic heterocycles. The van der Waals surface area contributed by atoms with Gasteiger partial charge in [0.25, 0.3) is 0 Å². The number of halogens is 3. The zero-order chi connectivity index (χ0) is 22.2. The highest BCUT2D eigenvalue weighted by molar-refractivity contribution is 6.35. The molecule has 0 N–H and O–H groups in total. The molecule has 3 heterocycles. The van der Waals surface area contributed by atoms with Gasteiger partial charge in [0.15, 0.2) is 0 Å². The van der Waals surface area contributed by atoms with Crippen LogP contribution >= 0.6 is 34.8 Å². The average molecular weight is 486 g/mol. The van der Waals surface area contributed by atoms with E-state index >= 15 is 0 Å². The topological polar surface area (TPSA) is 74.6 Å². The van der Waals surface area contributed by atoms with Gasteiger partial charge in [-0.25, -0.2) is 4.68 Å². The summed E-state index contributed by atoms with van der Waals surface area (Å²) in [7, 11) is 0. The third kappa shape index (κ3) is 3.90. The summed E-state index contributed by atoms with van der Waals surface area (Å²) in [5.41, 5.74) is 4.85. The van der Waals surface area contributed by atoms with Crippen LogP contribution in [0.25, 0.3) is 28.5 Å². The molecule has 0 amide bonds. The van der Waals surface area contributed by atoms with Crippen molar-refractivity contribution in [3.05, 3.63) is 87.3 Å². The van der Waals surface area contributed by atoms with E-state index in [1.807, 2.05) is 43.3 Å². The van der Waals surface area contributed by atoms with E-state index in [-0.39, 0.29) is 0 Å². The third-order valence-electron chi connectivity index (χ3n) is 4.95. The second-order valence-corrected chi connectivity index (χ2v) is 8.39. The van der Waals surface area contributed by atoms with Crippen molar-refractivity contribution in [1.29, 1.82) is 0 Å². The van der Waals surface area contributed by atoms with Gasteiger partial charge in [0.2, 0.25) is 5.82 Å². The smallest absolute Gasteiger partial charge is 0.225 e. The number of aromatic nitrogens is 6. The molecule has 0 radical (unpaired) electrons. The van der Waals surface area contributed by atoms with Crippen molar-refractivity contribution in [2.75, 3.05) is 0 Å². The predicted molar refractivity (Wildman–Crippen MR) is 123 cm³/mol. The third-order valence-corrected chi connectivity index (χ3v) is 5.74. The van der Waals surface area contributed by atoms with Crippen molar-refractivity contribution >= 4 is 34.8 Å². The van der Waals surface area contributed by atoms with E-state index in [9.17, 15) is 0 Å². The highest BCUT2D eigenvalue weighted by Crippen LogP contribution is 2.35. The Morgan fingerprint density at radius 2 is 1.72 bits per heavy atom. The quantitative estimate of drug-likeness (QED) is 0.300. The summed E-state index contributed by atoms with van der Waals surface area (Å²) < 4.78 is 6.87. The van der Waals surface area contributed by atoms with E-state index in [1.165, 1.54) is 4.80 Å². The molecule has 0 aliphatic carbocycles. The molecule has 3 aromatic heterocycles. The van der Waals surface area contributed by atoms with Crippen molar-refractivity contribution < 1.29 is 4.42 Å². The maximum atomic E-state index is 6.52. The van der Waals surface area contributed by atoms with Crippen LogP contribution in [0.2, 0.25) is 15.1 Å². The lowest BCUT2D eigenvalue weighted by molar-refractivity contribution is 0.543. The zero-order valence-electron chi connectivity index (χ0n) is 16.7. The summed E-state index contributed by atoms with van der Waals surface area (Å²) in [6, 6.07) is 14.6. The number of hydrogen-bond acceptors (Lipinski definition) is 5. The van der Waals surface area contributed by atoms with Gasteiger partial charge in [0.1, 0.15) is 5.69 Å². The minimum absolute atomic E-state index is 0.407. The lowest BCUT2D eigenvalue weighted by Crippen LogP contribution is -2.03. The van der Waals surface area contributed by atoms with Crippen molar-refractivity contribution in [3.63, 3.8) is 0 Å². The molecular weight excluding hydrogens is 471 g/mol. The fourth-order valence-corrected chi connectivity index (χ4v) is 4.05. The molecule has 0 bridgehead atoms. The summed E-state index contributed by atoms with van der Waals surface area (Å²) in [5, 5.41) is 19.4. The molecule has 0 aliphatic rings. The summed E-state index contributed by atoms with van der Waals surface area (Å²) >= 11 is 18.7. The predicted octanol–water partition coefficient (Wildman–Crippen LogP) is 6.10. The molecule has 7 nitrogen and oxygen atoms in total. The number of rotatable bonds is 5. The Hall–Kier alpha value is -3.13. The Kier molecular flexibility index (Phi) is 5.46. The van der Waals surface area contributed by atoms with Crippen LogP contribution in [-0.2, 0) is 6.54 Å². The Bertz CT molecular complexity index is 1390. The normalized spacial score (nSPS) is 11.2. The van der Waals surface area contributed by atoms with Gasteiger partial charge in [-0.15, -0.1) is 10.2 Å². The molecule has 160 valence electrons. The molecule has 0 fully saturated rings. The molecule has 10 heteroatoms. The molecule has 5 aromatic rings. The van der Waals surface area contributed by atoms with E-state index in [0.29, 0.717) is 38.8 Å². The van der Waals surface area contributed by atoms with Gasteiger partial charge in [-0.3, -0.25) is 0 Å². The number of furan rings is 1. The number of benzene rings is 2. The SMILES string of the molecule is Cc1c(-c2nnn(Cc3ccoc3)n2)nn(-c2ccc(Cl)cc2Cl)c1-c1ccc(Cl)cc1. The fourth-order valence-electron chi connectivity index (χ4n) is 3.43. The maximum Gasteiger partial charge on any atom is 0.225 e. The Morgan fingerprint density at radius 1 is 0.938 bits per heavy atom. The van der Waals surface area contributed by atoms with Gasteiger partial charge in [-0.05, 0) is 48.5 Å². The second-order valence-electron chi connectivity index (χ2n) is 7.11. The van der Waals surface area contributed by atoms with Gasteiger partial charge >= 0.3 is 0 Å². The molecule has 0 unspecified atom stereocenters.